The van der Waals surface area contributed by atoms with Crippen LogP contribution in [0.2, 0.25) is 5.02 Å². The minimum atomic E-state index is -1.03. The molecular formula is C19H18ClFN2O4. The number of hydrogen-bond donors (Lipinski definition) is 1. The van der Waals surface area contributed by atoms with Crippen LogP contribution in [-0.4, -0.2) is 39.5 Å². The number of halogens is 2. The Balaban J connectivity index is 1.82. The number of pyridine rings is 1. The molecule has 0 spiro atoms. The van der Waals surface area contributed by atoms with E-state index in [1.54, 1.807) is 6.92 Å². The molecule has 1 aromatic carbocycles. The average Bonchev–Trinajstić information content (AvgIpc) is 3.38. The van der Waals surface area contributed by atoms with E-state index in [0.717, 1.165) is 18.9 Å². The molecule has 1 N–H and O–H groups in total. The highest BCUT2D eigenvalue weighted by molar-refractivity contribution is 6.31. The van der Waals surface area contributed by atoms with E-state index in [2.05, 4.69) is 0 Å². The van der Waals surface area contributed by atoms with E-state index in [1.807, 2.05) is 4.57 Å². The van der Waals surface area contributed by atoms with Gasteiger partial charge in [-0.25, -0.2) is 4.39 Å². The first-order valence-electron chi connectivity index (χ1n) is 8.78. The molecule has 1 saturated carbocycles. The van der Waals surface area contributed by atoms with Crippen molar-refractivity contribution in [1.82, 2.24) is 9.47 Å². The van der Waals surface area contributed by atoms with Crippen molar-refractivity contribution in [3.05, 3.63) is 45.0 Å². The smallest absolute Gasteiger partial charge is 0.311 e. The summed E-state index contributed by atoms with van der Waals surface area (Å²) in [6, 6.07) is 2.63. The van der Waals surface area contributed by atoms with Gasteiger partial charge in [0.15, 0.2) is 0 Å². The molecule has 6 nitrogen and oxygen atoms in total. The van der Waals surface area contributed by atoms with Crippen molar-refractivity contribution in [2.45, 2.75) is 32.2 Å². The molecule has 1 atom stereocenters. The maximum Gasteiger partial charge on any atom is 0.311 e. The molecule has 2 heterocycles. The van der Waals surface area contributed by atoms with Crippen molar-refractivity contribution < 1.29 is 19.1 Å². The average molecular weight is 393 g/mol. The second kappa shape index (κ2) is 6.05. The molecule has 1 unspecified atom stereocenters. The Morgan fingerprint density at radius 2 is 2.04 bits per heavy atom. The number of carbonyl (C=O) groups is 2. The quantitative estimate of drug-likeness (QED) is 0.870. The monoisotopic (exact) mass is 392 g/mol. The third kappa shape index (κ3) is 2.90. The first kappa shape index (κ1) is 18.0. The van der Waals surface area contributed by atoms with Gasteiger partial charge in [0.25, 0.3) is 5.91 Å². The summed E-state index contributed by atoms with van der Waals surface area (Å²) >= 11 is 5.88. The number of carbonyl (C=O) groups excluding carboxylic acids is 1. The zero-order valence-corrected chi connectivity index (χ0v) is 15.4. The Morgan fingerprint density at radius 3 is 2.63 bits per heavy atom. The minimum absolute atomic E-state index is 0.0387. The van der Waals surface area contributed by atoms with E-state index in [1.165, 1.54) is 17.2 Å². The van der Waals surface area contributed by atoms with Gasteiger partial charge < -0.3 is 14.6 Å². The van der Waals surface area contributed by atoms with Crippen LogP contribution in [0, 0.1) is 11.2 Å². The number of likely N-dealkylation sites (tertiary alicyclic amines) is 1. The van der Waals surface area contributed by atoms with E-state index < -0.39 is 28.5 Å². The molecule has 1 saturated heterocycles. The summed E-state index contributed by atoms with van der Waals surface area (Å²) < 4.78 is 15.8. The Kier molecular flexibility index (Phi) is 4.03. The highest BCUT2D eigenvalue weighted by Gasteiger charge is 2.43. The van der Waals surface area contributed by atoms with Crippen molar-refractivity contribution >= 4 is 34.4 Å². The predicted molar refractivity (Wildman–Crippen MR) is 97.7 cm³/mol. The number of carboxylic acids is 1. The van der Waals surface area contributed by atoms with Crippen LogP contribution in [0.4, 0.5) is 4.39 Å². The zero-order chi connectivity index (χ0) is 19.5. The number of fused-ring (bicyclic) bond motifs is 1. The molecule has 8 heteroatoms. The Labute approximate surface area is 159 Å². The number of amides is 1. The topological polar surface area (TPSA) is 79.6 Å². The Hall–Kier alpha value is -2.41. The third-order valence-corrected chi connectivity index (χ3v) is 5.81. The van der Waals surface area contributed by atoms with Gasteiger partial charge in [0.1, 0.15) is 11.4 Å². The predicted octanol–water partition coefficient (Wildman–Crippen LogP) is 3.07. The van der Waals surface area contributed by atoms with Crippen molar-refractivity contribution in [3.8, 4) is 0 Å². The van der Waals surface area contributed by atoms with Gasteiger partial charge in [0, 0.05) is 30.7 Å². The van der Waals surface area contributed by atoms with Crippen LogP contribution < -0.4 is 5.43 Å². The molecule has 0 bridgehead atoms. The molecule has 1 aliphatic carbocycles. The Morgan fingerprint density at radius 1 is 1.33 bits per heavy atom. The molecule has 27 heavy (non-hydrogen) atoms. The highest BCUT2D eigenvalue weighted by Crippen LogP contribution is 2.38. The van der Waals surface area contributed by atoms with Crippen molar-refractivity contribution in [3.63, 3.8) is 0 Å². The van der Waals surface area contributed by atoms with Gasteiger partial charge in [-0.3, -0.25) is 14.4 Å². The van der Waals surface area contributed by atoms with E-state index in [9.17, 15) is 23.9 Å². The summed E-state index contributed by atoms with van der Waals surface area (Å²) in [4.78, 5) is 38.7. The molecule has 0 radical (unpaired) electrons. The van der Waals surface area contributed by atoms with Gasteiger partial charge in [-0.05, 0) is 38.3 Å². The number of aromatic nitrogens is 1. The van der Waals surface area contributed by atoms with Crippen molar-refractivity contribution in [2.24, 2.45) is 5.41 Å². The number of nitrogens with zero attached hydrogens (tertiary/aromatic N) is 2. The molecule has 1 aliphatic heterocycles. The first-order chi connectivity index (χ1) is 12.7. The lowest BCUT2D eigenvalue weighted by molar-refractivity contribution is -0.147. The van der Waals surface area contributed by atoms with Gasteiger partial charge in [-0.15, -0.1) is 0 Å². The second-order valence-corrected chi connectivity index (χ2v) is 8.04. The van der Waals surface area contributed by atoms with Crippen LogP contribution in [-0.2, 0) is 4.79 Å². The molecule has 1 amide bonds. The largest absolute Gasteiger partial charge is 0.481 e. The fourth-order valence-corrected chi connectivity index (χ4v) is 3.79. The SMILES string of the molecule is CC1(C(=O)O)CCN(C(=O)c2cn(C3CC3)c3cc(Cl)c(F)cc3c2=O)C1. The molecule has 1 aromatic heterocycles. The molecule has 2 aliphatic rings. The first-order valence-corrected chi connectivity index (χ1v) is 9.15. The number of rotatable bonds is 3. The number of benzene rings is 1. The van der Waals surface area contributed by atoms with Crippen LogP contribution in [0.3, 0.4) is 0 Å². The summed E-state index contributed by atoms with van der Waals surface area (Å²) in [6.07, 6.45) is 3.64. The van der Waals surface area contributed by atoms with Crippen molar-refractivity contribution in [2.75, 3.05) is 13.1 Å². The lowest BCUT2D eigenvalue weighted by atomic mass is 9.90. The normalized spacial score (nSPS) is 22.4. The van der Waals surface area contributed by atoms with E-state index in [0.29, 0.717) is 11.9 Å². The second-order valence-electron chi connectivity index (χ2n) is 7.64. The third-order valence-electron chi connectivity index (χ3n) is 5.52. The van der Waals surface area contributed by atoms with Crippen LogP contribution in [0.1, 0.15) is 42.6 Å². The zero-order valence-electron chi connectivity index (χ0n) is 14.7. The van der Waals surface area contributed by atoms with Gasteiger partial charge in [0.05, 0.1) is 16.0 Å². The maximum absolute atomic E-state index is 14.0. The minimum Gasteiger partial charge on any atom is -0.481 e. The van der Waals surface area contributed by atoms with Crippen molar-refractivity contribution in [1.29, 1.82) is 0 Å². The molecule has 4 rings (SSSR count). The summed E-state index contributed by atoms with van der Waals surface area (Å²) in [5.41, 5.74) is -1.15. The summed E-state index contributed by atoms with van der Waals surface area (Å²) in [5.74, 6) is -2.20. The molecule has 2 aromatic rings. The van der Waals surface area contributed by atoms with Crippen LogP contribution in [0.5, 0.6) is 0 Å². The molecule has 2 fully saturated rings. The fraction of sp³-hybridized carbons (Fsp3) is 0.421. The summed E-state index contributed by atoms with van der Waals surface area (Å²) in [7, 11) is 0. The molecular weight excluding hydrogens is 375 g/mol. The van der Waals surface area contributed by atoms with Crippen LogP contribution >= 0.6 is 11.6 Å². The number of carboxylic acid groups (broad SMARTS) is 1. The fourth-order valence-electron chi connectivity index (χ4n) is 3.63. The summed E-state index contributed by atoms with van der Waals surface area (Å²) in [6.45, 7) is 1.89. The lowest BCUT2D eigenvalue weighted by Crippen LogP contribution is -2.37. The number of aliphatic carboxylic acids is 1. The van der Waals surface area contributed by atoms with Gasteiger partial charge in [-0.1, -0.05) is 11.6 Å². The molecule has 142 valence electrons. The standard InChI is InChI=1S/C19H18ClFN2O4/c1-19(18(26)27)4-5-22(9-19)17(25)12-8-23(10-2-3-10)15-7-13(20)14(21)6-11(15)16(12)24/h6-8,10H,2-5,9H2,1H3,(H,26,27). The van der Waals surface area contributed by atoms with Gasteiger partial charge in [0.2, 0.25) is 5.43 Å². The van der Waals surface area contributed by atoms with Gasteiger partial charge in [-0.2, -0.15) is 0 Å². The van der Waals surface area contributed by atoms with E-state index in [-0.39, 0.29) is 35.1 Å². The lowest BCUT2D eigenvalue weighted by Gasteiger charge is -2.21. The Bertz CT molecular complexity index is 1050. The van der Waals surface area contributed by atoms with Crippen LogP contribution in [0.25, 0.3) is 10.9 Å². The van der Waals surface area contributed by atoms with Crippen LogP contribution in [0.15, 0.2) is 23.1 Å². The van der Waals surface area contributed by atoms with E-state index >= 15 is 0 Å². The van der Waals surface area contributed by atoms with Gasteiger partial charge >= 0.3 is 5.97 Å². The van der Waals surface area contributed by atoms with E-state index in [4.69, 9.17) is 11.6 Å². The number of hydrogen-bond acceptors (Lipinski definition) is 3. The maximum atomic E-state index is 14.0. The summed E-state index contributed by atoms with van der Waals surface area (Å²) in [5, 5.41) is 9.39. The highest BCUT2D eigenvalue weighted by atomic mass is 35.5.